The van der Waals surface area contributed by atoms with Gasteiger partial charge in [0, 0.05) is 0 Å². The zero-order valence-corrected chi connectivity index (χ0v) is 6.02. The lowest BCUT2D eigenvalue weighted by molar-refractivity contribution is 0.574. The fraction of sp³-hybridized carbons (Fsp3) is 0. The predicted octanol–water partition coefficient (Wildman–Crippen LogP) is 2.81. The Bertz CT molecular complexity index is 249. The molecule has 1 radical (unpaired) electrons. The Hall–Kier alpha value is -1.02. The molecule has 0 amide bonds. The van der Waals surface area contributed by atoms with E-state index in [0.29, 0.717) is 0 Å². The molecule has 0 fully saturated rings. The highest BCUT2D eigenvalue weighted by Crippen LogP contribution is 2.23. The van der Waals surface area contributed by atoms with Crippen molar-refractivity contribution in [3.05, 3.63) is 35.9 Å². The Morgan fingerprint density at radius 2 is 2.40 bits per heavy atom. The lowest BCUT2D eigenvalue weighted by Gasteiger charge is -1.84. The first-order valence-electron chi connectivity index (χ1n) is 2.96. The van der Waals surface area contributed by atoms with E-state index >= 15 is 0 Å². The fourth-order valence-corrected chi connectivity index (χ4v) is 1.48. The molecular formula is C8H5OS. The molecule has 1 nitrogen and oxygen atoms in total. The molecular weight excluding hydrogens is 144 g/mol. The Balaban J connectivity index is 2.48. The molecule has 0 bridgehead atoms. The largest absolute Gasteiger partial charge is 0.452 e. The third kappa shape index (κ3) is 0.866. The molecule has 0 aliphatic rings. The molecule has 2 aromatic rings. The summed E-state index contributed by atoms with van der Waals surface area (Å²) in [6.45, 7) is 0. The highest BCUT2D eigenvalue weighted by Gasteiger charge is 1.98. The first-order chi connectivity index (χ1) is 4.97. The maximum Gasteiger partial charge on any atom is 0.170 e. The number of rotatable bonds is 1. The van der Waals surface area contributed by atoms with Gasteiger partial charge in [0.2, 0.25) is 0 Å². The van der Waals surface area contributed by atoms with Crippen LogP contribution in [0.25, 0.3) is 10.6 Å². The van der Waals surface area contributed by atoms with Crippen LogP contribution in [-0.2, 0) is 0 Å². The van der Waals surface area contributed by atoms with E-state index in [0.717, 1.165) is 10.6 Å². The van der Waals surface area contributed by atoms with E-state index in [1.807, 2.05) is 23.6 Å². The lowest BCUT2D eigenvalue weighted by Crippen LogP contribution is -1.58. The number of thiophene rings is 1. The molecule has 2 heteroatoms. The van der Waals surface area contributed by atoms with E-state index in [2.05, 4.69) is 6.26 Å². The first-order valence-corrected chi connectivity index (χ1v) is 3.84. The zero-order valence-electron chi connectivity index (χ0n) is 5.20. The molecule has 2 heterocycles. The van der Waals surface area contributed by atoms with Crippen LogP contribution in [0.3, 0.4) is 0 Å². The summed E-state index contributed by atoms with van der Waals surface area (Å²) in [5.41, 5.74) is 0. The minimum Gasteiger partial charge on any atom is -0.452 e. The average Bonchev–Trinajstić information content (AvgIpc) is 2.59. The van der Waals surface area contributed by atoms with Crippen molar-refractivity contribution < 1.29 is 4.42 Å². The van der Waals surface area contributed by atoms with E-state index < -0.39 is 0 Å². The lowest BCUT2D eigenvalue weighted by atomic mass is 10.4. The van der Waals surface area contributed by atoms with Crippen LogP contribution in [0.15, 0.2) is 34.1 Å². The van der Waals surface area contributed by atoms with Crippen molar-refractivity contribution >= 4 is 11.3 Å². The molecule has 0 N–H and O–H groups in total. The first kappa shape index (κ1) is 5.74. The van der Waals surface area contributed by atoms with Crippen molar-refractivity contribution in [1.29, 1.82) is 0 Å². The van der Waals surface area contributed by atoms with Crippen LogP contribution in [0.1, 0.15) is 0 Å². The molecule has 10 heavy (non-hydrogen) atoms. The highest BCUT2D eigenvalue weighted by molar-refractivity contribution is 7.13. The predicted molar refractivity (Wildman–Crippen MR) is 40.9 cm³/mol. The van der Waals surface area contributed by atoms with Crippen molar-refractivity contribution in [2.45, 2.75) is 0 Å². The van der Waals surface area contributed by atoms with Crippen molar-refractivity contribution in [1.82, 2.24) is 0 Å². The summed E-state index contributed by atoms with van der Waals surface area (Å²) in [6.07, 6.45) is 2.65. The third-order valence-electron chi connectivity index (χ3n) is 1.24. The minimum atomic E-state index is 0.898. The summed E-state index contributed by atoms with van der Waals surface area (Å²) in [7, 11) is 0. The summed E-state index contributed by atoms with van der Waals surface area (Å²) in [4.78, 5) is 1.15. The van der Waals surface area contributed by atoms with Crippen LogP contribution in [0.4, 0.5) is 0 Å². The summed E-state index contributed by atoms with van der Waals surface area (Å²) >= 11 is 1.67. The van der Waals surface area contributed by atoms with Gasteiger partial charge in [-0.15, -0.1) is 11.3 Å². The maximum absolute atomic E-state index is 5.06. The fourth-order valence-electron chi connectivity index (χ4n) is 0.792. The van der Waals surface area contributed by atoms with Gasteiger partial charge < -0.3 is 4.42 Å². The number of hydrogen-bond acceptors (Lipinski definition) is 2. The van der Waals surface area contributed by atoms with Gasteiger partial charge in [-0.05, 0) is 23.6 Å². The normalized spacial score (nSPS) is 10.0. The van der Waals surface area contributed by atoms with Gasteiger partial charge in [-0.25, -0.2) is 0 Å². The molecule has 0 aliphatic carbocycles. The molecule has 0 saturated carbocycles. The molecule has 2 aromatic heterocycles. The van der Waals surface area contributed by atoms with Crippen LogP contribution < -0.4 is 0 Å². The van der Waals surface area contributed by atoms with Crippen LogP contribution in [0, 0.1) is 6.26 Å². The summed E-state index contributed by atoms with van der Waals surface area (Å²) in [5, 5.41) is 2.03. The summed E-state index contributed by atoms with van der Waals surface area (Å²) < 4.78 is 5.06. The van der Waals surface area contributed by atoms with Crippen molar-refractivity contribution in [3.63, 3.8) is 0 Å². The maximum atomic E-state index is 5.06. The number of hydrogen-bond donors (Lipinski definition) is 0. The van der Waals surface area contributed by atoms with Gasteiger partial charge in [0.25, 0.3) is 0 Å². The van der Waals surface area contributed by atoms with E-state index in [1.165, 1.54) is 0 Å². The SMILES string of the molecule is [c]1ccc(-c2cccs2)o1. The van der Waals surface area contributed by atoms with E-state index in [-0.39, 0.29) is 0 Å². The van der Waals surface area contributed by atoms with Gasteiger partial charge in [0.05, 0.1) is 4.88 Å². The van der Waals surface area contributed by atoms with Crippen molar-refractivity contribution in [2.75, 3.05) is 0 Å². The number of furan rings is 1. The van der Waals surface area contributed by atoms with E-state index in [1.54, 1.807) is 17.4 Å². The van der Waals surface area contributed by atoms with Gasteiger partial charge >= 0.3 is 0 Å². The average molecular weight is 149 g/mol. The van der Waals surface area contributed by atoms with Crippen LogP contribution in [0.5, 0.6) is 0 Å². The highest BCUT2D eigenvalue weighted by atomic mass is 32.1. The summed E-state index contributed by atoms with van der Waals surface area (Å²) in [6, 6.07) is 7.71. The molecule has 0 aliphatic heterocycles. The monoisotopic (exact) mass is 149 g/mol. The van der Waals surface area contributed by atoms with Crippen LogP contribution >= 0.6 is 11.3 Å². The molecule has 0 spiro atoms. The standard InChI is InChI=1S/C8H5OS/c1-3-7(9-5-1)8-4-2-6-10-8/h1-4,6H. The second-order valence-corrected chi connectivity index (χ2v) is 2.84. The van der Waals surface area contributed by atoms with Gasteiger partial charge in [-0.3, -0.25) is 0 Å². The molecule has 0 aromatic carbocycles. The Morgan fingerprint density at radius 1 is 1.40 bits per heavy atom. The minimum absolute atomic E-state index is 0.898. The Morgan fingerprint density at radius 3 is 3.00 bits per heavy atom. The molecule has 49 valence electrons. The third-order valence-corrected chi connectivity index (χ3v) is 2.12. The smallest absolute Gasteiger partial charge is 0.170 e. The van der Waals surface area contributed by atoms with Crippen molar-refractivity contribution in [3.8, 4) is 10.6 Å². The van der Waals surface area contributed by atoms with Crippen LogP contribution in [-0.4, -0.2) is 0 Å². The Labute approximate surface area is 62.9 Å². The topological polar surface area (TPSA) is 13.1 Å². The van der Waals surface area contributed by atoms with Gasteiger partial charge in [0.1, 0.15) is 5.76 Å². The molecule has 0 unspecified atom stereocenters. The Kier molecular flexibility index (Phi) is 1.32. The van der Waals surface area contributed by atoms with E-state index in [9.17, 15) is 0 Å². The van der Waals surface area contributed by atoms with Gasteiger partial charge in [-0.1, -0.05) is 6.07 Å². The zero-order chi connectivity index (χ0) is 6.81. The molecule has 2 rings (SSSR count). The second kappa shape index (κ2) is 2.31. The van der Waals surface area contributed by atoms with Gasteiger partial charge in [-0.2, -0.15) is 0 Å². The van der Waals surface area contributed by atoms with E-state index in [4.69, 9.17) is 4.42 Å². The van der Waals surface area contributed by atoms with Crippen molar-refractivity contribution in [2.24, 2.45) is 0 Å². The molecule has 0 saturated heterocycles. The van der Waals surface area contributed by atoms with Gasteiger partial charge in [0.15, 0.2) is 6.26 Å². The quantitative estimate of drug-likeness (QED) is 0.607. The second-order valence-electron chi connectivity index (χ2n) is 1.89. The summed E-state index contributed by atoms with van der Waals surface area (Å²) in [5.74, 6) is 0.898. The van der Waals surface area contributed by atoms with Crippen LogP contribution in [0.2, 0.25) is 0 Å². The molecule has 0 atom stereocenters.